The van der Waals surface area contributed by atoms with Gasteiger partial charge in [0.15, 0.2) is 0 Å². The minimum absolute atomic E-state index is 0.0105. The average molecular weight is 423 g/mol. The highest BCUT2D eigenvalue weighted by molar-refractivity contribution is 5.89. The van der Waals surface area contributed by atoms with E-state index in [4.69, 9.17) is 4.74 Å². The molecule has 0 fully saturated rings. The van der Waals surface area contributed by atoms with Gasteiger partial charge < -0.3 is 25.6 Å². The Morgan fingerprint density at radius 2 is 1.63 bits per heavy atom. The van der Waals surface area contributed by atoms with E-state index in [-0.39, 0.29) is 13.0 Å². The summed E-state index contributed by atoms with van der Waals surface area (Å²) in [6.45, 7) is 3.47. The Kier molecular flexibility index (Phi) is 12.2. The van der Waals surface area contributed by atoms with Crippen LogP contribution < -0.4 is 10.6 Å². The molecule has 1 aromatic rings. The lowest BCUT2D eigenvalue weighted by atomic mass is 10.0. The highest BCUT2D eigenvalue weighted by atomic mass is 16.5. The van der Waals surface area contributed by atoms with Gasteiger partial charge in [-0.25, -0.2) is 9.59 Å². The first-order chi connectivity index (χ1) is 14.3. The van der Waals surface area contributed by atoms with E-state index in [1.54, 1.807) is 24.3 Å². The predicted octanol–water partition coefficient (Wildman–Crippen LogP) is 2.98. The number of carboxylic acids is 1. The van der Waals surface area contributed by atoms with E-state index in [1.165, 1.54) is 6.92 Å². The second-order valence-electron chi connectivity index (χ2n) is 7.38. The van der Waals surface area contributed by atoms with Crippen molar-refractivity contribution in [1.29, 1.82) is 0 Å². The number of ether oxygens (including phenoxy) is 1. The Morgan fingerprint density at radius 3 is 2.23 bits per heavy atom. The van der Waals surface area contributed by atoms with E-state index < -0.39 is 36.2 Å². The van der Waals surface area contributed by atoms with Crippen LogP contribution in [0.2, 0.25) is 0 Å². The van der Waals surface area contributed by atoms with Crippen molar-refractivity contribution in [3.63, 3.8) is 0 Å². The summed E-state index contributed by atoms with van der Waals surface area (Å²) in [6.07, 6.45) is 4.19. The number of carbonyl (C=O) groups excluding carboxylic acids is 2. The van der Waals surface area contributed by atoms with Gasteiger partial charge in [0.2, 0.25) is 5.91 Å². The predicted molar refractivity (Wildman–Crippen MR) is 113 cm³/mol. The van der Waals surface area contributed by atoms with Crippen molar-refractivity contribution >= 4 is 18.0 Å². The summed E-state index contributed by atoms with van der Waals surface area (Å²) >= 11 is 0. The molecule has 0 aliphatic carbocycles. The SMILES string of the molecule is CCCCCCCC[C@@H](NC(=O)[C@@H](NC(=O)OCc1ccccc1)[C@@H](C)O)C(=O)O. The van der Waals surface area contributed by atoms with Crippen LogP contribution in [-0.2, 0) is 20.9 Å². The average Bonchev–Trinajstić information content (AvgIpc) is 2.72. The first-order valence-corrected chi connectivity index (χ1v) is 10.5. The van der Waals surface area contributed by atoms with E-state index in [9.17, 15) is 24.6 Å². The Hall–Kier alpha value is -2.61. The maximum absolute atomic E-state index is 12.5. The van der Waals surface area contributed by atoms with Crippen molar-refractivity contribution in [1.82, 2.24) is 10.6 Å². The standard InChI is InChI=1S/C22H34N2O6/c1-3-4-5-6-7-11-14-18(21(27)28)23-20(26)19(16(2)25)24-22(29)30-15-17-12-9-8-10-13-17/h8-10,12-13,16,18-19,25H,3-7,11,14-15H2,1-2H3,(H,23,26)(H,24,29)(H,27,28)/t16-,18-,19+/m1/s1. The lowest BCUT2D eigenvalue weighted by Gasteiger charge is -2.23. The molecule has 30 heavy (non-hydrogen) atoms. The van der Waals surface area contributed by atoms with Crippen molar-refractivity contribution in [3.8, 4) is 0 Å². The molecule has 4 N–H and O–H groups in total. The number of alkyl carbamates (subject to hydrolysis) is 1. The van der Waals surface area contributed by atoms with Crippen LogP contribution in [0.5, 0.6) is 0 Å². The highest BCUT2D eigenvalue weighted by Gasteiger charge is 2.30. The number of nitrogens with one attached hydrogen (secondary N) is 2. The number of hydrogen-bond acceptors (Lipinski definition) is 5. The van der Waals surface area contributed by atoms with Crippen LogP contribution >= 0.6 is 0 Å². The number of rotatable bonds is 14. The maximum Gasteiger partial charge on any atom is 0.408 e. The molecule has 3 atom stereocenters. The first-order valence-electron chi connectivity index (χ1n) is 10.5. The lowest BCUT2D eigenvalue weighted by molar-refractivity contribution is -0.142. The van der Waals surface area contributed by atoms with Crippen molar-refractivity contribution in [2.45, 2.75) is 83.6 Å². The van der Waals surface area contributed by atoms with Crippen molar-refractivity contribution in [3.05, 3.63) is 35.9 Å². The maximum atomic E-state index is 12.5. The molecule has 2 amide bonds. The summed E-state index contributed by atoms with van der Waals surface area (Å²) in [5.74, 6) is -1.91. The summed E-state index contributed by atoms with van der Waals surface area (Å²) in [5.41, 5.74) is 0.774. The van der Waals surface area contributed by atoms with Crippen LogP contribution in [-0.4, -0.2) is 46.4 Å². The second-order valence-corrected chi connectivity index (χ2v) is 7.38. The monoisotopic (exact) mass is 422 g/mol. The van der Waals surface area contributed by atoms with E-state index in [0.717, 1.165) is 37.7 Å². The van der Waals surface area contributed by atoms with Gasteiger partial charge in [0.1, 0.15) is 18.7 Å². The Bertz CT molecular complexity index is 650. The fourth-order valence-corrected chi connectivity index (χ4v) is 2.94. The Balaban J connectivity index is 2.52. The van der Waals surface area contributed by atoms with Gasteiger partial charge >= 0.3 is 12.1 Å². The summed E-state index contributed by atoms with van der Waals surface area (Å²) in [5, 5.41) is 24.0. The molecule has 1 aromatic carbocycles. The normalized spacial score (nSPS) is 13.7. The molecule has 0 bridgehead atoms. The van der Waals surface area contributed by atoms with Gasteiger partial charge in [-0.05, 0) is 18.9 Å². The Morgan fingerprint density at radius 1 is 1.00 bits per heavy atom. The molecule has 1 rings (SSSR count). The summed E-state index contributed by atoms with van der Waals surface area (Å²) < 4.78 is 5.07. The minimum atomic E-state index is -1.32. The Labute approximate surface area is 178 Å². The van der Waals surface area contributed by atoms with Crippen LogP contribution in [0.4, 0.5) is 4.79 Å². The third-order valence-electron chi connectivity index (χ3n) is 4.71. The van der Waals surface area contributed by atoms with Crippen molar-refractivity contribution < 1.29 is 29.3 Å². The van der Waals surface area contributed by atoms with Gasteiger partial charge in [0.25, 0.3) is 0 Å². The molecule has 0 heterocycles. The number of carbonyl (C=O) groups is 3. The third-order valence-corrected chi connectivity index (χ3v) is 4.71. The zero-order valence-electron chi connectivity index (χ0n) is 17.8. The number of aliphatic hydroxyl groups excluding tert-OH is 1. The van der Waals surface area contributed by atoms with Crippen LogP contribution in [0.15, 0.2) is 30.3 Å². The largest absolute Gasteiger partial charge is 0.480 e. The quantitative estimate of drug-likeness (QED) is 0.342. The summed E-state index contributed by atoms with van der Waals surface area (Å²) in [6, 6.07) is 6.61. The molecular formula is C22H34N2O6. The molecule has 0 unspecified atom stereocenters. The topological polar surface area (TPSA) is 125 Å². The molecule has 0 aromatic heterocycles. The molecule has 0 saturated carbocycles. The van der Waals surface area contributed by atoms with Gasteiger partial charge in [-0.15, -0.1) is 0 Å². The summed E-state index contributed by atoms with van der Waals surface area (Å²) in [4.78, 5) is 36.0. The van der Waals surface area contributed by atoms with Crippen LogP contribution in [0, 0.1) is 0 Å². The smallest absolute Gasteiger partial charge is 0.408 e. The summed E-state index contributed by atoms with van der Waals surface area (Å²) in [7, 11) is 0. The van der Waals surface area contributed by atoms with Crippen molar-refractivity contribution in [2.75, 3.05) is 0 Å². The van der Waals surface area contributed by atoms with E-state index in [2.05, 4.69) is 17.6 Å². The van der Waals surface area contributed by atoms with Gasteiger partial charge in [-0.3, -0.25) is 4.79 Å². The van der Waals surface area contributed by atoms with E-state index in [0.29, 0.717) is 6.42 Å². The highest BCUT2D eigenvalue weighted by Crippen LogP contribution is 2.09. The van der Waals surface area contributed by atoms with E-state index in [1.807, 2.05) is 6.07 Å². The molecule has 0 saturated heterocycles. The zero-order chi connectivity index (χ0) is 22.4. The molecule has 0 spiro atoms. The number of hydrogen-bond donors (Lipinski definition) is 4. The molecular weight excluding hydrogens is 388 g/mol. The molecule has 0 aliphatic heterocycles. The molecule has 0 aliphatic rings. The molecule has 168 valence electrons. The van der Waals surface area contributed by atoms with Gasteiger partial charge in [0, 0.05) is 0 Å². The van der Waals surface area contributed by atoms with Gasteiger partial charge in [0.05, 0.1) is 6.10 Å². The van der Waals surface area contributed by atoms with E-state index >= 15 is 0 Å². The first kappa shape index (κ1) is 25.4. The van der Waals surface area contributed by atoms with Crippen LogP contribution in [0.1, 0.15) is 64.4 Å². The number of aliphatic carboxylic acids is 1. The number of carboxylic acid groups (broad SMARTS) is 1. The lowest BCUT2D eigenvalue weighted by Crippen LogP contribution is -2.55. The fourth-order valence-electron chi connectivity index (χ4n) is 2.94. The third kappa shape index (κ3) is 10.2. The molecule has 8 nitrogen and oxygen atoms in total. The number of unbranched alkanes of at least 4 members (excludes halogenated alkanes) is 5. The molecule has 8 heteroatoms. The van der Waals surface area contributed by atoms with Gasteiger partial charge in [-0.2, -0.15) is 0 Å². The number of aliphatic hydroxyl groups is 1. The zero-order valence-corrected chi connectivity index (χ0v) is 17.8. The fraction of sp³-hybridized carbons (Fsp3) is 0.591. The molecule has 0 radical (unpaired) electrons. The second kappa shape index (κ2) is 14.4. The number of benzene rings is 1. The van der Waals surface area contributed by atoms with Crippen LogP contribution in [0.25, 0.3) is 0 Å². The van der Waals surface area contributed by atoms with Gasteiger partial charge in [-0.1, -0.05) is 75.8 Å². The van der Waals surface area contributed by atoms with Crippen LogP contribution in [0.3, 0.4) is 0 Å². The minimum Gasteiger partial charge on any atom is -0.480 e. The number of amides is 2. The van der Waals surface area contributed by atoms with Crippen molar-refractivity contribution in [2.24, 2.45) is 0 Å².